The highest BCUT2D eigenvalue weighted by Crippen LogP contribution is 2.11. The van der Waals surface area contributed by atoms with Crippen LogP contribution in [0.15, 0.2) is 30.5 Å². The fraction of sp³-hybridized carbons (Fsp3) is 0.467. The smallest absolute Gasteiger partial charge is 0.223 e. The van der Waals surface area contributed by atoms with Crippen LogP contribution in [0.2, 0.25) is 0 Å². The maximum absolute atomic E-state index is 4.49. The number of para-hydroxylation sites is 1. The van der Waals surface area contributed by atoms with E-state index in [4.69, 9.17) is 0 Å². The lowest BCUT2D eigenvalue weighted by Crippen LogP contribution is -2.28. The van der Waals surface area contributed by atoms with E-state index in [-0.39, 0.29) is 0 Å². The highest BCUT2D eigenvalue weighted by molar-refractivity contribution is 5.78. The molecular formula is C15H22N4. The molecule has 0 saturated heterocycles. The third-order valence-corrected chi connectivity index (χ3v) is 3.34. The second-order valence-corrected chi connectivity index (χ2v) is 5.11. The van der Waals surface area contributed by atoms with Crippen molar-refractivity contribution in [3.05, 3.63) is 30.5 Å². The van der Waals surface area contributed by atoms with Crippen LogP contribution in [0.25, 0.3) is 10.9 Å². The predicted molar refractivity (Wildman–Crippen MR) is 80.4 cm³/mol. The van der Waals surface area contributed by atoms with Crippen LogP contribution in [0, 0.1) is 0 Å². The lowest BCUT2D eigenvalue weighted by Gasteiger charge is -2.20. The van der Waals surface area contributed by atoms with Gasteiger partial charge in [0.05, 0.1) is 5.52 Å². The first-order valence-electron chi connectivity index (χ1n) is 6.82. The van der Waals surface area contributed by atoms with Gasteiger partial charge in [0.1, 0.15) is 0 Å². The van der Waals surface area contributed by atoms with Gasteiger partial charge in [-0.25, -0.2) is 9.97 Å². The average molecular weight is 258 g/mol. The maximum atomic E-state index is 4.49. The second-order valence-electron chi connectivity index (χ2n) is 5.11. The van der Waals surface area contributed by atoms with Crippen LogP contribution < -0.4 is 5.32 Å². The molecule has 0 amide bonds. The van der Waals surface area contributed by atoms with Crippen molar-refractivity contribution in [2.45, 2.75) is 26.3 Å². The van der Waals surface area contributed by atoms with Crippen molar-refractivity contribution < 1.29 is 0 Å². The van der Waals surface area contributed by atoms with Crippen LogP contribution in [0.1, 0.15) is 20.3 Å². The summed E-state index contributed by atoms with van der Waals surface area (Å²) >= 11 is 0. The van der Waals surface area contributed by atoms with Gasteiger partial charge >= 0.3 is 0 Å². The minimum atomic E-state index is 0.594. The molecule has 0 spiro atoms. The van der Waals surface area contributed by atoms with Crippen LogP contribution >= 0.6 is 0 Å². The zero-order valence-corrected chi connectivity index (χ0v) is 11.9. The Morgan fingerprint density at radius 3 is 2.84 bits per heavy atom. The molecule has 0 aliphatic heterocycles. The van der Waals surface area contributed by atoms with Gasteiger partial charge in [-0.3, -0.25) is 0 Å². The largest absolute Gasteiger partial charge is 0.354 e. The second kappa shape index (κ2) is 6.48. The first-order valence-corrected chi connectivity index (χ1v) is 6.82. The Bertz CT molecular complexity index is 524. The normalized spacial score (nSPS) is 11.4. The van der Waals surface area contributed by atoms with E-state index < -0.39 is 0 Å². The molecule has 0 aliphatic carbocycles. The number of nitrogens with zero attached hydrogens (tertiary/aromatic N) is 3. The Kier molecular flexibility index (Phi) is 4.68. The zero-order valence-electron chi connectivity index (χ0n) is 11.9. The highest BCUT2D eigenvalue weighted by atomic mass is 15.1. The molecule has 1 aromatic carbocycles. The van der Waals surface area contributed by atoms with E-state index in [0.717, 1.165) is 30.4 Å². The van der Waals surface area contributed by atoms with E-state index in [1.165, 1.54) is 0 Å². The molecule has 2 rings (SSSR count). The van der Waals surface area contributed by atoms with E-state index in [2.05, 4.69) is 41.1 Å². The molecule has 2 aromatic rings. The van der Waals surface area contributed by atoms with Gasteiger partial charge in [-0.05, 0) is 39.9 Å². The van der Waals surface area contributed by atoms with Gasteiger partial charge in [-0.2, -0.15) is 0 Å². The van der Waals surface area contributed by atoms with Crippen LogP contribution in [0.5, 0.6) is 0 Å². The third-order valence-electron chi connectivity index (χ3n) is 3.34. The van der Waals surface area contributed by atoms with Gasteiger partial charge in [0.25, 0.3) is 0 Å². The number of benzene rings is 1. The van der Waals surface area contributed by atoms with Crippen molar-refractivity contribution >= 4 is 16.9 Å². The SMILES string of the molecule is CC(C)N(C)CCCNc1ncc2ccccc2n1. The molecule has 4 heteroatoms. The molecule has 0 unspecified atom stereocenters. The van der Waals surface area contributed by atoms with Crippen molar-refractivity contribution in [2.75, 3.05) is 25.5 Å². The van der Waals surface area contributed by atoms with Crippen molar-refractivity contribution in [3.8, 4) is 0 Å². The number of anilines is 1. The lowest BCUT2D eigenvalue weighted by atomic mass is 10.2. The average Bonchev–Trinajstić information content (AvgIpc) is 2.43. The minimum absolute atomic E-state index is 0.594. The van der Waals surface area contributed by atoms with Crippen molar-refractivity contribution in [2.24, 2.45) is 0 Å². The van der Waals surface area contributed by atoms with Gasteiger partial charge in [0, 0.05) is 24.2 Å². The number of nitrogens with one attached hydrogen (secondary N) is 1. The molecule has 1 aromatic heterocycles. The van der Waals surface area contributed by atoms with Gasteiger partial charge in [0.2, 0.25) is 5.95 Å². The van der Waals surface area contributed by atoms with Gasteiger partial charge in [0.15, 0.2) is 0 Å². The fourth-order valence-electron chi connectivity index (χ4n) is 1.84. The summed E-state index contributed by atoms with van der Waals surface area (Å²) < 4.78 is 0. The Morgan fingerprint density at radius 2 is 2.05 bits per heavy atom. The monoisotopic (exact) mass is 258 g/mol. The van der Waals surface area contributed by atoms with E-state index in [9.17, 15) is 0 Å². The fourth-order valence-corrected chi connectivity index (χ4v) is 1.84. The van der Waals surface area contributed by atoms with Gasteiger partial charge in [-0.1, -0.05) is 18.2 Å². The van der Waals surface area contributed by atoms with E-state index in [1.807, 2.05) is 30.5 Å². The van der Waals surface area contributed by atoms with Gasteiger partial charge in [-0.15, -0.1) is 0 Å². The Morgan fingerprint density at radius 1 is 1.26 bits per heavy atom. The first kappa shape index (κ1) is 13.7. The number of aromatic nitrogens is 2. The highest BCUT2D eigenvalue weighted by Gasteiger charge is 2.02. The number of hydrogen-bond donors (Lipinski definition) is 1. The zero-order chi connectivity index (χ0) is 13.7. The summed E-state index contributed by atoms with van der Waals surface area (Å²) in [4.78, 5) is 11.2. The molecular weight excluding hydrogens is 236 g/mol. The predicted octanol–water partition coefficient (Wildman–Crippen LogP) is 2.77. The maximum Gasteiger partial charge on any atom is 0.223 e. The molecule has 102 valence electrons. The summed E-state index contributed by atoms with van der Waals surface area (Å²) in [6.45, 7) is 6.40. The summed E-state index contributed by atoms with van der Waals surface area (Å²) in [6, 6.07) is 8.62. The van der Waals surface area contributed by atoms with E-state index >= 15 is 0 Å². The van der Waals surface area contributed by atoms with Crippen molar-refractivity contribution in [1.82, 2.24) is 14.9 Å². The molecule has 0 atom stereocenters. The van der Waals surface area contributed by atoms with Crippen LogP contribution in [0.3, 0.4) is 0 Å². The van der Waals surface area contributed by atoms with Gasteiger partial charge < -0.3 is 10.2 Å². The first-order chi connectivity index (χ1) is 9.16. The molecule has 4 nitrogen and oxygen atoms in total. The molecule has 0 saturated carbocycles. The third kappa shape index (κ3) is 3.89. The topological polar surface area (TPSA) is 41.0 Å². The molecule has 1 N–H and O–H groups in total. The summed E-state index contributed by atoms with van der Waals surface area (Å²) in [6.07, 6.45) is 2.95. The van der Waals surface area contributed by atoms with E-state index in [1.54, 1.807) is 0 Å². The molecule has 0 fully saturated rings. The molecule has 19 heavy (non-hydrogen) atoms. The summed E-state index contributed by atoms with van der Waals surface area (Å²) in [5.74, 6) is 0.714. The van der Waals surface area contributed by atoms with E-state index in [0.29, 0.717) is 12.0 Å². The van der Waals surface area contributed by atoms with Crippen LogP contribution in [-0.2, 0) is 0 Å². The summed E-state index contributed by atoms with van der Waals surface area (Å²) in [7, 11) is 2.15. The standard InChI is InChI=1S/C15H22N4/c1-12(2)19(3)10-6-9-16-15-17-11-13-7-4-5-8-14(13)18-15/h4-5,7-8,11-12H,6,9-10H2,1-3H3,(H,16,17,18). The van der Waals surface area contributed by atoms with Crippen LogP contribution in [-0.4, -0.2) is 41.0 Å². The molecule has 1 heterocycles. The Hall–Kier alpha value is -1.68. The Labute approximate surface area is 114 Å². The summed E-state index contributed by atoms with van der Waals surface area (Å²) in [5.41, 5.74) is 0.985. The van der Waals surface area contributed by atoms with Crippen molar-refractivity contribution in [1.29, 1.82) is 0 Å². The number of rotatable bonds is 6. The Balaban J connectivity index is 1.85. The summed E-state index contributed by atoms with van der Waals surface area (Å²) in [5, 5.41) is 4.36. The lowest BCUT2D eigenvalue weighted by molar-refractivity contribution is 0.273. The number of hydrogen-bond acceptors (Lipinski definition) is 4. The molecule has 0 aliphatic rings. The minimum Gasteiger partial charge on any atom is -0.354 e. The number of fused-ring (bicyclic) bond motifs is 1. The molecule has 0 radical (unpaired) electrons. The van der Waals surface area contributed by atoms with Crippen LogP contribution in [0.4, 0.5) is 5.95 Å². The van der Waals surface area contributed by atoms with Crippen molar-refractivity contribution in [3.63, 3.8) is 0 Å². The molecule has 0 bridgehead atoms. The quantitative estimate of drug-likeness (QED) is 0.809.